The van der Waals surface area contributed by atoms with Crippen molar-refractivity contribution in [3.8, 4) is 16.9 Å². The van der Waals surface area contributed by atoms with Gasteiger partial charge in [-0.2, -0.15) is 9.78 Å². The quantitative estimate of drug-likeness (QED) is 0.594. The Labute approximate surface area is 164 Å². The monoisotopic (exact) mass is 420 g/mol. The van der Waals surface area contributed by atoms with Crippen molar-refractivity contribution in [1.29, 1.82) is 0 Å². The van der Waals surface area contributed by atoms with E-state index in [9.17, 15) is 18.0 Å². The number of halogens is 1. The van der Waals surface area contributed by atoms with E-state index in [4.69, 9.17) is 11.6 Å². The number of hydrogen-bond acceptors (Lipinski definition) is 6. The number of fused-ring (bicyclic) bond motifs is 3. The molecule has 0 fully saturated rings. The number of benzene rings is 1. The Bertz CT molecular complexity index is 1240. The van der Waals surface area contributed by atoms with E-state index >= 15 is 0 Å². The predicted octanol–water partition coefficient (Wildman–Crippen LogP) is 3.15. The van der Waals surface area contributed by atoms with Crippen LogP contribution in [0.25, 0.3) is 16.9 Å². The number of thiophene rings is 1. The largest absolute Gasteiger partial charge is 0.294 e. The Morgan fingerprint density at radius 3 is 2.59 bits per heavy atom. The first-order chi connectivity index (χ1) is 12.8. The van der Waals surface area contributed by atoms with Gasteiger partial charge in [-0.05, 0) is 49.2 Å². The van der Waals surface area contributed by atoms with Crippen LogP contribution in [0.1, 0.15) is 22.2 Å². The van der Waals surface area contributed by atoms with E-state index in [0.29, 0.717) is 32.4 Å². The number of carbonyl (C=O) groups excluding carboxylic acids is 1. The van der Waals surface area contributed by atoms with Gasteiger partial charge in [-0.15, -0.1) is 11.3 Å². The molecule has 138 valence electrons. The lowest BCUT2D eigenvalue weighted by Gasteiger charge is -2.10. The maximum absolute atomic E-state index is 12.6. The van der Waals surface area contributed by atoms with Gasteiger partial charge in [-0.1, -0.05) is 11.6 Å². The standard InChI is InChI=1S/C18H13ClN2O4S2/c1-10(22)15-9-14-17-11(6-7-27(24,25)18(14)26-15)8-16(23)21(20-17)13-4-2-12(19)3-5-13/h2-5,8-9H,6-7H2,1H3. The Morgan fingerprint density at radius 1 is 1.22 bits per heavy atom. The lowest BCUT2D eigenvalue weighted by atomic mass is 10.1. The van der Waals surface area contributed by atoms with Crippen LogP contribution in [-0.4, -0.2) is 29.7 Å². The first-order valence-corrected chi connectivity index (χ1v) is 10.9. The lowest BCUT2D eigenvalue weighted by molar-refractivity contribution is 0.102. The third kappa shape index (κ3) is 3.13. The SMILES string of the molecule is CC(=O)c1cc2c(s1)S(=O)(=O)CCc1cc(=O)n(-c3ccc(Cl)cc3)nc1-2. The van der Waals surface area contributed by atoms with Gasteiger partial charge in [0.2, 0.25) is 0 Å². The molecule has 0 amide bonds. The highest BCUT2D eigenvalue weighted by molar-refractivity contribution is 7.93. The van der Waals surface area contributed by atoms with E-state index in [0.717, 1.165) is 11.3 Å². The topological polar surface area (TPSA) is 86.1 Å². The Hall–Kier alpha value is -2.29. The van der Waals surface area contributed by atoms with Crippen LogP contribution >= 0.6 is 22.9 Å². The highest BCUT2D eigenvalue weighted by atomic mass is 35.5. The molecule has 4 rings (SSSR count). The summed E-state index contributed by atoms with van der Waals surface area (Å²) >= 11 is 6.85. The number of carbonyl (C=O) groups is 1. The van der Waals surface area contributed by atoms with E-state index in [1.165, 1.54) is 17.7 Å². The summed E-state index contributed by atoms with van der Waals surface area (Å²) in [5, 5.41) is 4.97. The number of hydrogen-bond donors (Lipinski definition) is 0. The molecule has 1 aromatic carbocycles. The summed E-state index contributed by atoms with van der Waals surface area (Å²) < 4.78 is 26.6. The second kappa shape index (κ2) is 6.40. The molecule has 0 atom stereocenters. The predicted molar refractivity (Wildman–Crippen MR) is 104 cm³/mol. The minimum atomic E-state index is -3.56. The maximum Gasteiger partial charge on any atom is 0.271 e. The summed E-state index contributed by atoms with van der Waals surface area (Å²) in [6.07, 6.45) is 0.193. The fourth-order valence-electron chi connectivity index (χ4n) is 2.96. The van der Waals surface area contributed by atoms with Crippen molar-refractivity contribution in [3.63, 3.8) is 0 Å². The zero-order chi connectivity index (χ0) is 19.3. The van der Waals surface area contributed by atoms with Crippen molar-refractivity contribution in [2.75, 3.05) is 5.75 Å². The molecule has 0 spiro atoms. The molecule has 27 heavy (non-hydrogen) atoms. The normalized spacial score (nSPS) is 14.9. The summed E-state index contributed by atoms with van der Waals surface area (Å²) in [5.74, 6) is -0.340. The third-order valence-corrected chi connectivity index (χ3v) is 8.13. The average molecular weight is 421 g/mol. The Balaban J connectivity index is 2.00. The highest BCUT2D eigenvalue weighted by Crippen LogP contribution is 2.39. The summed E-state index contributed by atoms with van der Waals surface area (Å²) in [4.78, 5) is 24.7. The van der Waals surface area contributed by atoms with E-state index < -0.39 is 9.84 Å². The average Bonchev–Trinajstić information content (AvgIpc) is 3.04. The van der Waals surface area contributed by atoms with E-state index in [1.54, 1.807) is 30.3 Å². The smallest absolute Gasteiger partial charge is 0.271 e. The van der Waals surface area contributed by atoms with Gasteiger partial charge in [-0.3, -0.25) is 9.59 Å². The van der Waals surface area contributed by atoms with Gasteiger partial charge in [0.05, 0.1) is 22.0 Å². The van der Waals surface area contributed by atoms with Gasteiger partial charge >= 0.3 is 0 Å². The second-order valence-electron chi connectivity index (χ2n) is 6.18. The first kappa shape index (κ1) is 18.1. The molecule has 3 aromatic rings. The molecule has 0 radical (unpaired) electrons. The van der Waals surface area contributed by atoms with Crippen LogP contribution in [0.3, 0.4) is 0 Å². The van der Waals surface area contributed by atoms with Gasteiger partial charge in [0, 0.05) is 16.7 Å². The van der Waals surface area contributed by atoms with Crippen molar-refractivity contribution < 1.29 is 13.2 Å². The molecule has 1 aliphatic heterocycles. The molecule has 1 aliphatic rings. The minimum absolute atomic E-state index is 0.125. The van der Waals surface area contributed by atoms with Crippen LogP contribution in [0.4, 0.5) is 0 Å². The summed E-state index contributed by atoms with van der Waals surface area (Å²) in [6, 6.07) is 9.56. The van der Waals surface area contributed by atoms with Gasteiger partial charge in [0.1, 0.15) is 4.21 Å². The molecule has 6 nitrogen and oxygen atoms in total. The summed E-state index contributed by atoms with van der Waals surface area (Å²) in [6.45, 7) is 1.39. The number of sulfone groups is 1. The molecule has 0 N–H and O–H groups in total. The lowest BCUT2D eigenvalue weighted by Crippen LogP contribution is -2.22. The van der Waals surface area contributed by atoms with Crippen LogP contribution in [0.5, 0.6) is 0 Å². The van der Waals surface area contributed by atoms with Crippen molar-refractivity contribution in [3.05, 3.63) is 62.2 Å². The minimum Gasteiger partial charge on any atom is -0.294 e. The van der Waals surface area contributed by atoms with Crippen molar-refractivity contribution in [1.82, 2.24) is 9.78 Å². The fourth-order valence-corrected chi connectivity index (χ4v) is 6.06. The number of rotatable bonds is 2. The van der Waals surface area contributed by atoms with E-state index in [2.05, 4.69) is 5.10 Å². The van der Waals surface area contributed by atoms with Crippen LogP contribution < -0.4 is 5.56 Å². The van der Waals surface area contributed by atoms with Gasteiger partial charge in [0.15, 0.2) is 15.6 Å². The van der Waals surface area contributed by atoms with Gasteiger partial charge < -0.3 is 0 Å². The van der Waals surface area contributed by atoms with Crippen LogP contribution in [0.15, 0.2) is 45.4 Å². The molecule has 2 aromatic heterocycles. The first-order valence-electron chi connectivity index (χ1n) is 8.03. The fraction of sp³-hybridized carbons (Fsp3) is 0.167. The Kier molecular flexibility index (Phi) is 4.29. The van der Waals surface area contributed by atoms with Crippen LogP contribution in [-0.2, 0) is 16.3 Å². The number of aromatic nitrogens is 2. The number of aryl methyl sites for hydroxylation is 1. The number of nitrogens with zero attached hydrogens (tertiary/aromatic N) is 2. The van der Waals surface area contributed by atoms with E-state index in [1.807, 2.05) is 0 Å². The zero-order valence-electron chi connectivity index (χ0n) is 14.1. The van der Waals surface area contributed by atoms with Crippen LogP contribution in [0, 0.1) is 0 Å². The molecule has 0 unspecified atom stereocenters. The van der Waals surface area contributed by atoms with Crippen molar-refractivity contribution >= 4 is 38.6 Å². The summed E-state index contributed by atoms with van der Waals surface area (Å²) in [5.41, 5.74) is 1.49. The number of ketones is 1. The van der Waals surface area contributed by atoms with Crippen molar-refractivity contribution in [2.45, 2.75) is 17.6 Å². The molecule has 0 aliphatic carbocycles. The molecule has 0 saturated heterocycles. The molecule has 9 heteroatoms. The summed E-state index contributed by atoms with van der Waals surface area (Å²) in [7, 11) is -3.56. The van der Waals surface area contributed by atoms with Crippen molar-refractivity contribution in [2.24, 2.45) is 0 Å². The second-order valence-corrected chi connectivity index (χ2v) is 9.97. The van der Waals surface area contributed by atoms with Gasteiger partial charge in [0.25, 0.3) is 5.56 Å². The highest BCUT2D eigenvalue weighted by Gasteiger charge is 2.30. The zero-order valence-corrected chi connectivity index (χ0v) is 16.5. The van der Waals surface area contributed by atoms with Gasteiger partial charge in [-0.25, -0.2) is 8.42 Å². The number of Topliss-reactive ketones (excluding diaryl/α,β-unsaturated/α-hetero) is 1. The van der Waals surface area contributed by atoms with Crippen LogP contribution in [0.2, 0.25) is 5.02 Å². The molecule has 3 heterocycles. The Morgan fingerprint density at radius 2 is 1.93 bits per heavy atom. The third-order valence-electron chi connectivity index (χ3n) is 4.30. The van der Waals surface area contributed by atoms with E-state index in [-0.39, 0.29) is 27.7 Å². The molecule has 0 saturated carbocycles. The maximum atomic E-state index is 12.6. The molecule has 0 bridgehead atoms. The molecular formula is C18H13ClN2O4S2. The molecular weight excluding hydrogens is 408 g/mol.